The second kappa shape index (κ2) is 8.43. The van der Waals surface area contributed by atoms with Crippen molar-refractivity contribution >= 4 is 28.8 Å². The zero-order valence-electron chi connectivity index (χ0n) is 18.5. The lowest BCUT2D eigenvalue weighted by Gasteiger charge is -2.16. The molecule has 7 heteroatoms. The molecule has 6 nitrogen and oxygen atoms in total. The number of nitrogens with zero attached hydrogens (tertiary/aromatic N) is 1. The fourth-order valence-electron chi connectivity index (χ4n) is 4.26. The predicted octanol–water partition coefficient (Wildman–Crippen LogP) is 5.85. The van der Waals surface area contributed by atoms with E-state index in [0.29, 0.717) is 16.8 Å². The number of methoxy groups -OCH3 is 1. The van der Waals surface area contributed by atoms with Crippen LogP contribution in [-0.2, 0) is 0 Å². The molecular weight excluding hydrogens is 421 g/mol. The van der Waals surface area contributed by atoms with E-state index >= 15 is 0 Å². The minimum absolute atomic E-state index is 0.0255. The number of carbonyl (C=O) groups is 1. The van der Waals surface area contributed by atoms with Crippen LogP contribution in [-0.4, -0.2) is 29.0 Å². The molecule has 168 valence electrons. The van der Waals surface area contributed by atoms with Crippen LogP contribution < -0.4 is 10.5 Å². The summed E-state index contributed by atoms with van der Waals surface area (Å²) in [4.78, 5) is 11.9. The average molecular weight is 445 g/mol. The lowest BCUT2D eigenvalue weighted by Crippen LogP contribution is -2.04. The SMILES string of the molecule is COc1ccc(-c2c(C(C)C)n(-c3ccc(F)cc3)c3cc(C=N)c(N)cc23)cc1C(=O)O. The van der Waals surface area contributed by atoms with Gasteiger partial charge in [0.1, 0.15) is 17.1 Å². The minimum Gasteiger partial charge on any atom is -0.496 e. The summed E-state index contributed by atoms with van der Waals surface area (Å²) in [6.45, 7) is 4.08. The van der Waals surface area contributed by atoms with E-state index in [9.17, 15) is 14.3 Å². The van der Waals surface area contributed by atoms with E-state index < -0.39 is 5.97 Å². The molecule has 3 aromatic carbocycles. The van der Waals surface area contributed by atoms with Crippen molar-refractivity contribution in [1.82, 2.24) is 4.57 Å². The van der Waals surface area contributed by atoms with Crippen molar-refractivity contribution in [3.8, 4) is 22.6 Å². The number of nitrogen functional groups attached to an aromatic ring is 1. The van der Waals surface area contributed by atoms with Crippen LogP contribution in [0.2, 0.25) is 0 Å². The topological polar surface area (TPSA) is 101 Å². The summed E-state index contributed by atoms with van der Waals surface area (Å²) >= 11 is 0. The molecule has 1 heterocycles. The van der Waals surface area contributed by atoms with Crippen LogP contribution in [0, 0.1) is 11.2 Å². The van der Waals surface area contributed by atoms with Crippen LogP contribution in [0.5, 0.6) is 5.75 Å². The Morgan fingerprint density at radius 3 is 2.42 bits per heavy atom. The number of aromatic nitrogens is 1. The van der Waals surface area contributed by atoms with Gasteiger partial charge in [-0.3, -0.25) is 0 Å². The highest BCUT2D eigenvalue weighted by Gasteiger charge is 2.24. The first-order valence-electron chi connectivity index (χ1n) is 10.4. The van der Waals surface area contributed by atoms with Gasteiger partial charge in [0.15, 0.2) is 0 Å². The first kappa shape index (κ1) is 22.1. The molecule has 0 saturated carbocycles. The summed E-state index contributed by atoms with van der Waals surface area (Å²) in [5, 5.41) is 18.3. The molecule has 33 heavy (non-hydrogen) atoms. The second-order valence-corrected chi connectivity index (χ2v) is 8.09. The Bertz CT molecular complexity index is 1390. The Hall–Kier alpha value is -4.13. The van der Waals surface area contributed by atoms with Crippen LogP contribution >= 0.6 is 0 Å². The molecule has 0 atom stereocenters. The summed E-state index contributed by atoms with van der Waals surface area (Å²) in [5.41, 5.74) is 11.3. The van der Waals surface area contributed by atoms with Gasteiger partial charge in [-0.2, -0.15) is 0 Å². The molecule has 0 bridgehead atoms. The number of anilines is 1. The van der Waals surface area contributed by atoms with Crippen molar-refractivity contribution < 1.29 is 19.0 Å². The number of hydrogen-bond acceptors (Lipinski definition) is 4. The third kappa shape index (κ3) is 3.71. The van der Waals surface area contributed by atoms with Gasteiger partial charge in [0, 0.05) is 39.8 Å². The zero-order valence-corrected chi connectivity index (χ0v) is 18.5. The van der Waals surface area contributed by atoms with Gasteiger partial charge in [-0.25, -0.2) is 9.18 Å². The number of halogens is 1. The highest BCUT2D eigenvalue weighted by atomic mass is 19.1. The Balaban J connectivity index is 2.17. The minimum atomic E-state index is -1.09. The largest absolute Gasteiger partial charge is 0.496 e. The maximum absolute atomic E-state index is 13.7. The van der Waals surface area contributed by atoms with E-state index in [1.54, 1.807) is 24.3 Å². The fourth-order valence-corrected chi connectivity index (χ4v) is 4.26. The third-order valence-corrected chi connectivity index (χ3v) is 5.71. The van der Waals surface area contributed by atoms with Gasteiger partial charge in [0.2, 0.25) is 0 Å². The van der Waals surface area contributed by atoms with Gasteiger partial charge in [-0.15, -0.1) is 0 Å². The van der Waals surface area contributed by atoms with Gasteiger partial charge in [0.05, 0.1) is 12.6 Å². The van der Waals surface area contributed by atoms with Gasteiger partial charge in [-0.1, -0.05) is 19.9 Å². The highest BCUT2D eigenvalue weighted by Crippen LogP contribution is 2.43. The molecular formula is C26H24FN3O3. The van der Waals surface area contributed by atoms with Crippen LogP contribution in [0.3, 0.4) is 0 Å². The van der Waals surface area contributed by atoms with Crippen molar-refractivity contribution in [3.63, 3.8) is 0 Å². The van der Waals surface area contributed by atoms with Crippen molar-refractivity contribution in [1.29, 1.82) is 5.41 Å². The van der Waals surface area contributed by atoms with Crippen LogP contribution in [0.1, 0.15) is 41.4 Å². The molecule has 1 aromatic heterocycles. The van der Waals surface area contributed by atoms with E-state index in [2.05, 4.69) is 0 Å². The molecule has 4 N–H and O–H groups in total. The fraction of sp³-hybridized carbons (Fsp3) is 0.154. The average Bonchev–Trinajstić information content (AvgIpc) is 3.12. The summed E-state index contributed by atoms with van der Waals surface area (Å²) in [6.07, 6.45) is 1.20. The Morgan fingerprint density at radius 1 is 1.15 bits per heavy atom. The number of benzene rings is 3. The normalized spacial score (nSPS) is 11.2. The van der Waals surface area contributed by atoms with Gasteiger partial charge < -0.3 is 25.6 Å². The second-order valence-electron chi connectivity index (χ2n) is 8.09. The van der Waals surface area contributed by atoms with E-state index in [1.165, 1.54) is 25.5 Å². The van der Waals surface area contributed by atoms with Crippen molar-refractivity contribution in [2.75, 3.05) is 12.8 Å². The van der Waals surface area contributed by atoms with Gasteiger partial charge >= 0.3 is 5.97 Å². The molecule has 0 aliphatic rings. The molecule has 0 spiro atoms. The summed E-state index contributed by atoms with van der Waals surface area (Å²) < 4.78 is 20.9. The van der Waals surface area contributed by atoms with E-state index in [1.807, 2.05) is 36.6 Å². The number of hydrogen-bond donors (Lipinski definition) is 3. The van der Waals surface area contributed by atoms with Crippen molar-refractivity contribution in [2.45, 2.75) is 19.8 Å². The maximum atomic E-state index is 13.7. The van der Waals surface area contributed by atoms with Crippen LogP contribution in [0.15, 0.2) is 54.6 Å². The number of nitrogens with one attached hydrogen (secondary N) is 1. The number of rotatable bonds is 6. The first-order valence-corrected chi connectivity index (χ1v) is 10.4. The van der Waals surface area contributed by atoms with E-state index in [0.717, 1.165) is 27.8 Å². The maximum Gasteiger partial charge on any atom is 0.339 e. The molecule has 0 aliphatic heterocycles. The highest BCUT2D eigenvalue weighted by molar-refractivity contribution is 6.05. The zero-order chi connectivity index (χ0) is 23.9. The lowest BCUT2D eigenvalue weighted by atomic mass is 9.94. The van der Waals surface area contributed by atoms with Crippen molar-refractivity contribution in [2.24, 2.45) is 0 Å². The molecule has 0 unspecified atom stereocenters. The number of carboxylic acid groups (broad SMARTS) is 1. The third-order valence-electron chi connectivity index (χ3n) is 5.71. The van der Waals surface area contributed by atoms with Crippen molar-refractivity contribution in [3.05, 3.63) is 77.2 Å². The number of ether oxygens (including phenoxy) is 1. The molecule has 0 aliphatic carbocycles. The Labute approximate surface area is 190 Å². The molecule has 0 fully saturated rings. The summed E-state index contributed by atoms with van der Waals surface area (Å²) in [5.74, 6) is -1.14. The lowest BCUT2D eigenvalue weighted by molar-refractivity contribution is 0.0693. The predicted molar refractivity (Wildman–Crippen MR) is 129 cm³/mol. The molecule has 0 saturated heterocycles. The first-order chi connectivity index (χ1) is 15.8. The molecule has 4 rings (SSSR count). The van der Waals surface area contributed by atoms with Crippen LogP contribution in [0.4, 0.5) is 10.1 Å². The molecule has 0 amide bonds. The smallest absolute Gasteiger partial charge is 0.339 e. The monoisotopic (exact) mass is 445 g/mol. The molecule has 4 aromatic rings. The summed E-state index contributed by atoms with van der Waals surface area (Å²) in [6, 6.07) is 14.9. The Morgan fingerprint density at radius 2 is 1.85 bits per heavy atom. The molecule has 0 radical (unpaired) electrons. The Kier molecular flexibility index (Phi) is 5.64. The van der Waals surface area contributed by atoms with Gasteiger partial charge in [-0.05, 0) is 60.0 Å². The standard InChI is InChI=1S/C26H24FN3O3/c1-14(2)25-24(15-4-9-23(33-3)20(10-15)26(31)32)19-12-21(29)16(13-28)11-22(19)30(25)18-7-5-17(27)6-8-18/h4-14,28H,29H2,1-3H3,(H,31,32). The summed E-state index contributed by atoms with van der Waals surface area (Å²) in [7, 11) is 1.43. The van der Waals surface area contributed by atoms with Crippen LogP contribution in [0.25, 0.3) is 27.7 Å². The van der Waals surface area contributed by atoms with Gasteiger partial charge in [0.25, 0.3) is 0 Å². The number of fused-ring (bicyclic) bond motifs is 1. The number of carboxylic acids is 1. The quantitative estimate of drug-likeness (QED) is 0.256. The van der Waals surface area contributed by atoms with E-state index in [-0.39, 0.29) is 23.0 Å². The van der Waals surface area contributed by atoms with E-state index in [4.69, 9.17) is 15.9 Å². The number of nitrogens with two attached hydrogens (primary N) is 1. The number of aromatic carboxylic acids is 1.